The molecule has 2 aromatic carbocycles. The number of aromatic amines is 1. The lowest BCUT2D eigenvalue weighted by Crippen LogP contribution is -2.20. The van der Waals surface area contributed by atoms with Gasteiger partial charge in [-0.1, -0.05) is 60.7 Å². The van der Waals surface area contributed by atoms with Crippen molar-refractivity contribution in [3.05, 3.63) is 101 Å². The van der Waals surface area contributed by atoms with Crippen LogP contribution in [-0.4, -0.2) is 20.7 Å². The zero-order chi connectivity index (χ0) is 21.6. The quantitative estimate of drug-likeness (QED) is 0.480. The molecule has 1 amide bonds. The topological polar surface area (TPSA) is 89.0 Å². The second-order valence-electron chi connectivity index (χ2n) is 7.09. The summed E-state index contributed by atoms with van der Waals surface area (Å²) < 4.78 is 7.07. The van der Waals surface area contributed by atoms with Crippen LogP contribution >= 0.6 is 0 Å². The van der Waals surface area contributed by atoms with E-state index in [4.69, 9.17) is 4.74 Å². The molecule has 4 aromatic rings. The Kier molecular flexibility index (Phi) is 6.05. The molecule has 0 saturated heterocycles. The summed E-state index contributed by atoms with van der Waals surface area (Å²) in [5, 5.41) is 5.27. The van der Waals surface area contributed by atoms with E-state index >= 15 is 0 Å². The first-order valence-electron chi connectivity index (χ1n) is 9.85. The minimum atomic E-state index is -0.370. The Labute approximate surface area is 179 Å². The van der Waals surface area contributed by atoms with Gasteiger partial charge in [0.15, 0.2) is 5.82 Å². The first-order chi connectivity index (χ1) is 15.1. The van der Waals surface area contributed by atoms with Crippen LogP contribution in [-0.2, 0) is 22.7 Å². The molecule has 156 valence electrons. The van der Waals surface area contributed by atoms with Crippen LogP contribution in [0.2, 0.25) is 0 Å². The fourth-order valence-electron chi connectivity index (χ4n) is 3.16. The third-order valence-electron chi connectivity index (χ3n) is 4.72. The average molecular weight is 414 g/mol. The minimum absolute atomic E-state index is 0.181. The molecular weight excluding hydrogens is 392 g/mol. The molecule has 0 unspecified atom stereocenters. The van der Waals surface area contributed by atoms with Crippen LogP contribution in [0.15, 0.2) is 83.9 Å². The maximum atomic E-state index is 12.3. The number of amides is 1. The van der Waals surface area contributed by atoms with E-state index in [0.717, 1.165) is 11.1 Å². The summed E-state index contributed by atoms with van der Waals surface area (Å²) in [6.07, 6.45) is 3.10. The lowest BCUT2D eigenvalue weighted by atomic mass is 10.0. The van der Waals surface area contributed by atoms with Gasteiger partial charge in [-0.3, -0.25) is 14.7 Å². The molecule has 0 bridgehead atoms. The molecule has 2 aromatic heterocycles. The van der Waals surface area contributed by atoms with Crippen molar-refractivity contribution in [3.63, 3.8) is 0 Å². The smallest absolute Gasteiger partial charge is 0.296 e. The van der Waals surface area contributed by atoms with Crippen molar-refractivity contribution in [2.24, 2.45) is 0 Å². The van der Waals surface area contributed by atoms with Gasteiger partial charge in [-0.15, -0.1) is 0 Å². The zero-order valence-electron chi connectivity index (χ0n) is 17.0. The number of hydrogen-bond acceptors (Lipinski definition) is 4. The van der Waals surface area contributed by atoms with Gasteiger partial charge < -0.3 is 10.1 Å². The van der Waals surface area contributed by atoms with E-state index in [1.807, 2.05) is 24.3 Å². The number of anilines is 1. The molecule has 0 aliphatic heterocycles. The summed E-state index contributed by atoms with van der Waals surface area (Å²) in [6.45, 7) is 2.25. The molecule has 0 spiro atoms. The molecule has 0 saturated carbocycles. The first-order valence-corrected chi connectivity index (χ1v) is 9.85. The Balaban J connectivity index is 1.33. The second kappa shape index (κ2) is 9.23. The highest BCUT2D eigenvalue weighted by Crippen LogP contribution is 2.19. The normalized spacial score (nSPS) is 10.7. The van der Waals surface area contributed by atoms with Crippen molar-refractivity contribution in [2.45, 2.75) is 20.1 Å². The Bertz CT molecular complexity index is 1210. The van der Waals surface area contributed by atoms with Crippen molar-refractivity contribution < 1.29 is 9.53 Å². The van der Waals surface area contributed by atoms with Crippen LogP contribution in [0.5, 0.6) is 0 Å². The lowest BCUT2D eigenvalue weighted by Gasteiger charge is -2.07. The number of nitrogens with zero attached hydrogens (tertiary/aromatic N) is 2. The highest BCUT2D eigenvalue weighted by atomic mass is 16.5. The maximum absolute atomic E-state index is 12.3. The molecule has 0 radical (unpaired) electrons. The minimum Gasteiger partial charge on any atom is -0.372 e. The third kappa shape index (κ3) is 4.96. The highest BCUT2D eigenvalue weighted by molar-refractivity contribution is 5.88. The number of hydrogen-bond donors (Lipinski definition) is 2. The summed E-state index contributed by atoms with van der Waals surface area (Å²) >= 11 is 0. The standard InChI is InChI=1S/C24H22N4O3/c1-17(29)27-22-14-26-28(24(22)30)23-12-9-19(13-25-23)16-31-15-18-7-10-21(11-8-18)20-5-3-2-4-6-20/h2-14,26H,15-16H2,1H3,(H,27,29). The van der Waals surface area contributed by atoms with E-state index in [1.54, 1.807) is 12.3 Å². The van der Waals surface area contributed by atoms with E-state index in [2.05, 4.69) is 51.8 Å². The average Bonchev–Trinajstić information content (AvgIpc) is 3.15. The fourth-order valence-corrected chi connectivity index (χ4v) is 3.16. The Morgan fingerprint density at radius 1 is 0.968 bits per heavy atom. The molecule has 7 nitrogen and oxygen atoms in total. The van der Waals surface area contributed by atoms with Gasteiger partial charge >= 0.3 is 0 Å². The molecule has 0 fully saturated rings. The summed E-state index contributed by atoms with van der Waals surface area (Å²) in [4.78, 5) is 27.7. The van der Waals surface area contributed by atoms with E-state index in [1.165, 1.54) is 28.9 Å². The highest BCUT2D eigenvalue weighted by Gasteiger charge is 2.09. The summed E-state index contributed by atoms with van der Waals surface area (Å²) in [5.74, 6) is 0.125. The molecule has 0 atom stereocenters. The molecular formula is C24H22N4O3. The van der Waals surface area contributed by atoms with E-state index in [9.17, 15) is 9.59 Å². The molecule has 4 rings (SSSR count). The number of H-pyrrole nitrogens is 1. The van der Waals surface area contributed by atoms with E-state index in [-0.39, 0.29) is 17.2 Å². The first kappa shape index (κ1) is 20.3. The van der Waals surface area contributed by atoms with Crippen molar-refractivity contribution in [1.82, 2.24) is 14.8 Å². The van der Waals surface area contributed by atoms with Crippen LogP contribution in [0.1, 0.15) is 18.1 Å². The van der Waals surface area contributed by atoms with Crippen molar-refractivity contribution in [1.29, 1.82) is 0 Å². The Morgan fingerprint density at radius 3 is 2.32 bits per heavy atom. The molecule has 31 heavy (non-hydrogen) atoms. The van der Waals surface area contributed by atoms with Crippen LogP contribution in [0.3, 0.4) is 0 Å². The van der Waals surface area contributed by atoms with Crippen LogP contribution < -0.4 is 10.9 Å². The van der Waals surface area contributed by atoms with Gasteiger partial charge in [0, 0.05) is 19.3 Å². The van der Waals surface area contributed by atoms with Crippen molar-refractivity contribution in [3.8, 4) is 16.9 Å². The van der Waals surface area contributed by atoms with Gasteiger partial charge in [0.1, 0.15) is 5.69 Å². The Morgan fingerprint density at radius 2 is 1.65 bits per heavy atom. The summed E-state index contributed by atoms with van der Waals surface area (Å²) in [6, 6.07) is 22.1. The number of carbonyl (C=O) groups excluding carboxylic acids is 1. The number of rotatable bonds is 7. The van der Waals surface area contributed by atoms with Gasteiger partial charge in [-0.05, 0) is 28.3 Å². The van der Waals surface area contributed by atoms with Crippen molar-refractivity contribution >= 4 is 11.6 Å². The number of aromatic nitrogens is 3. The van der Waals surface area contributed by atoms with Gasteiger partial charge in [0.05, 0.1) is 13.2 Å². The number of nitrogens with one attached hydrogen (secondary N) is 2. The second-order valence-corrected chi connectivity index (χ2v) is 7.09. The molecule has 7 heteroatoms. The monoisotopic (exact) mass is 414 g/mol. The predicted octanol–water partition coefficient (Wildman–Crippen LogP) is 3.90. The van der Waals surface area contributed by atoms with Gasteiger partial charge in [-0.2, -0.15) is 4.68 Å². The summed E-state index contributed by atoms with van der Waals surface area (Å²) in [7, 11) is 0. The van der Waals surface area contributed by atoms with Crippen LogP contribution in [0.25, 0.3) is 16.9 Å². The van der Waals surface area contributed by atoms with E-state index < -0.39 is 0 Å². The molecule has 0 aliphatic carbocycles. The number of ether oxygens (including phenoxy) is 1. The third-order valence-corrected chi connectivity index (χ3v) is 4.72. The van der Waals surface area contributed by atoms with Crippen molar-refractivity contribution in [2.75, 3.05) is 5.32 Å². The summed E-state index contributed by atoms with van der Waals surface area (Å²) in [5.41, 5.74) is 4.15. The fraction of sp³-hybridized carbons (Fsp3) is 0.125. The molecule has 2 N–H and O–H groups in total. The zero-order valence-corrected chi connectivity index (χ0v) is 17.0. The SMILES string of the molecule is CC(=O)Nc1c[nH]n(-c2ccc(COCc3ccc(-c4ccccc4)cc3)cn2)c1=O. The Hall–Kier alpha value is -3.97. The van der Waals surface area contributed by atoms with Crippen LogP contribution in [0, 0.1) is 0 Å². The predicted molar refractivity (Wildman–Crippen MR) is 119 cm³/mol. The molecule has 2 heterocycles. The van der Waals surface area contributed by atoms with E-state index in [0.29, 0.717) is 19.0 Å². The van der Waals surface area contributed by atoms with Gasteiger partial charge in [0.2, 0.25) is 5.91 Å². The number of carbonyl (C=O) groups is 1. The lowest BCUT2D eigenvalue weighted by molar-refractivity contribution is -0.114. The number of benzene rings is 2. The van der Waals surface area contributed by atoms with Gasteiger partial charge in [0.25, 0.3) is 5.56 Å². The largest absolute Gasteiger partial charge is 0.372 e. The molecule has 0 aliphatic rings. The van der Waals surface area contributed by atoms with Gasteiger partial charge in [-0.25, -0.2) is 4.98 Å². The van der Waals surface area contributed by atoms with Crippen LogP contribution in [0.4, 0.5) is 5.69 Å². The maximum Gasteiger partial charge on any atom is 0.296 e. The number of pyridine rings is 1.